The van der Waals surface area contributed by atoms with Gasteiger partial charge in [-0.1, -0.05) is 33.1 Å². The molecule has 2 N–H and O–H groups in total. The van der Waals surface area contributed by atoms with Gasteiger partial charge in [0, 0.05) is 13.1 Å². The lowest BCUT2D eigenvalue weighted by Gasteiger charge is -2.16. The molecule has 3 heteroatoms. The van der Waals surface area contributed by atoms with Crippen molar-refractivity contribution in [3.8, 4) is 0 Å². The summed E-state index contributed by atoms with van der Waals surface area (Å²) >= 11 is 5.11. The molecule has 0 fully saturated rings. The molecule has 0 saturated carbocycles. The van der Waals surface area contributed by atoms with Gasteiger partial charge >= 0.3 is 0 Å². The lowest BCUT2D eigenvalue weighted by atomic mass is 9.99. The van der Waals surface area contributed by atoms with Crippen molar-refractivity contribution in [1.82, 2.24) is 10.6 Å². The molecular formula is C11H24N2S. The van der Waals surface area contributed by atoms with E-state index in [0.717, 1.165) is 24.1 Å². The van der Waals surface area contributed by atoms with Crippen LogP contribution in [0.3, 0.4) is 0 Å². The van der Waals surface area contributed by atoms with E-state index in [1.165, 1.54) is 25.7 Å². The van der Waals surface area contributed by atoms with Gasteiger partial charge in [-0.25, -0.2) is 0 Å². The Hall–Kier alpha value is -0.310. The van der Waals surface area contributed by atoms with Crippen molar-refractivity contribution in [2.24, 2.45) is 5.92 Å². The second-order valence-electron chi connectivity index (χ2n) is 3.66. The SMILES string of the molecule is CCCCC(CC)CNC(=S)NCC. The molecule has 1 unspecified atom stereocenters. The molecule has 14 heavy (non-hydrogen) atoms. The van der Waals surface area contributed by atoms with Gasteiger partial charge in [0.05, 0.1) is 0 Å². The third kappa shape index (κ3) is 7.13. The molecule has 0 amide bonds. The molecule has 0 aliphatic heterocycles. The Bertz CT molecular complexity index is 148. The molecule has 0 aromatic carbocycles. The van der Waals surface area contributed by atoms with Crippen LogP contribution >= 0.6 is 12.2 Å². The fourth-order valence-corrected chi connectivity index (χ4v) is 1.63. The highest BCUT2D eigenvalue weighted by atomic mass is 32.1. The third-order valence-electron chi connectivity index (χ3n) is 2.43. The first-order valence-electron chi connectivity index (χ1n) is 5.76. The normalized spacial score (nSPS) is 12.2. The summed E-state index contributed by atoms with van der Waals surface area (Å²) in [6.45, 7) is 8.46. The number of unbranched alkanes of at least 4 members (excludes halogenated alkanes) is 1. The van der Waals surface area contributed by atoms with Crippen LogP contribution in [0.25, 0.3) is 0 Å². The van der Waals surface area contributed by atoms with Crippen LogP contribution < -0.4 is 10.6 Å². The van der Waals surface area contributed by atoms with Crippen molar-refractivity contribution >= 4 is 17.3 Å². The maximum atomic E-state index is 5.11. The first-order valence-corrected chi connectivity index (χ1v) is 6.17. The molecule has 0 heterocycles. The quantitative estimate of drug-likeness (QED) is 0.640. The zero-order chi connectivity index (χ0) is 10.8. The van der Waals surface area contributed by atoms with Crippen LogP contribution in [0.1, 0.15) is 46.5 Å². The van der Waals surface area contributed by atoms with Crippen molar-refractivity contribution in [2.45, 2.75) is 46.5 Å². The monoisotopic (exact) mass is 216 g/mol. The van der Waals surface area contributed by atoms with Gasteiger partial charge in [0.15, 0.2) is 5.11 Å². The zero-order valence-corrected chi connectivity index (χ0v) is 10.5. The predicted molar refractivity (Wildman–Crippen MR) is 67.6 cm³/mol. The molecule has 0 radical (unpaired) electrons. The number of hydrogen-bond donors (Lipinski definition) is 2. The molecule has 84 valence electrons. The molecule has 0 saturated heterocycles. The molecule has 0 aromatic rings. The lowest BCUT2D eigenvalue weighted by Crippen LogP contribution is -2.37. The summed E-state index contributed by atoms with van der Waals surface area (Å²) in [5.74, 6) is 0.770. The van der Waals surface area contributed by atoms with Crippen LogP contribution in [0.2, 0.25) is 0 Å². The Balaban J connectivity index is 3.55. The van der Waals surface area contributed by atoms with E-state index in [4.69, 9.17) is 12.2 Å². The summed E-state index contributed by atoms with van der Waals surface area (Å²) in [5.41, 5.74) is 0. The minimum absolute atomic E-state index is 0.770. The zero-order valence-electron chi connectivity index (χ0n) is 9.73. The summed E-state index contributed by atoms with van der Waals surface area (Å²) in [7, 11) is 0. The van der Waals surface area contributed by atoms with Gasteiger partial charge in [0.1, 0.15) is 0 Å². The van der Waals surface area contributed by atoms with Crippen LogP contribution in [0.4, 0.5) is 0 Å². The first kappa shape index (κ1) is 13.7. The van der Waals surface area contributed by atoms with E-state index in [1.807, 2.05) is 0 Å². The minimum Gasteiger partial charge on any atom is -0.363 e. The molecule has 0 spiro atoms. The number of nitrogens with one attached hydrogen (secondary N) is 2. The Morgan fingerprint density at radius 1 is 1.21 bits per heavy atom. The van der Waals surface area contributed by atoms with Crippen molar-refractivity contribution < 1.29 is 0 Å². The molecule has 0 aliphatic carbocycles. The summed E-state index contributed by atoms with van der Waals surface area (Å²) in [4.78, 5) is 0. The second-order valence-corrected chi connectivity index (χ2v) is 4.07. The average Bonchev–Trinajstić information content (AvgIpc) is 2.19. The molecule has 1 atom stereocenters. The van der Waals surface area contributed by atoms with Gasteiger partial charge in [0.2, 0.25) is 0 Å². The van der Waals surface area contributed by atoms with Crippen molar-refractivity contribution in [3.05, 3.63) is 0 Å². The van der Waals surface area contributed by atoms with Gasteiger partial charge in [-0.2, -0.15) is 0 Å². The van der Waals surface area contributed by atoms with E-state index in [-0.39, 0.29) is 0 Å². The third-order valence-corrected chi connectivity index (χ3v) is 2.72. The van der Waals surface area contributed by atoms with Gasteiger partial charge < -0.3 is 10.6 Å². The topological polar surface area (TPSA) is 24.1 Å². The van der Waals surface area contributed by atoms with E-state index in [1.54, 1.807) is 0 Å². The molecule has 2 nitrogen and oxygen atoms in total. The summed E-state index contributed by atoms with van der Waals surface area (Å²) in [6, 6.07) is 0. The highest BCUT2D eigenvalue weighted by molar-refractivity contribution is 7.80. The van der Waals surface area contributed by atoms with Crippen LogP contribution in [0.5, 0.6) is 0 Å². The van der Waals surface area contributed by atoms with E-state index < -0.39 is 0 Å². The van der Waals surface area contributed by atoms with E-state index in [2.05, 4.69) is 31.4 Å². The molecule has 0 rings (SSSR count). The van der Waals surface area contributed by atoms with Crippen LogP contribution in [-0.2, 0) is 0 Å². The maximum absolute atomic E-state index is 5.11. The Morgan fingerprint density at radius 2 is 1.93 bits per heavy atom. The Kier molecular flexibility index (Phi) is 9.05. The fraction of sp³-hybridized carbons (Fsp3) is 0.909. The summed E-state index contributed by atoms with van der Waals surface area (Å²) < 4.78 is 0. The van der Waals surface area contributed by atoms with E-state index >= 15 is 0 Å². The predicted octanol–water partition coefficient (Wildman–Crippen LogP) is 2.69. The molecule has 0 aliphatic rings. The van der Waals surface area contributed by atoms with Crippen molar-refractivity contribution in [3.63, 3.8) is 0 Å². The van der Waals surface area contributed by atoms with Gasteiger partial charge in [0.25, 0.3) is 0 Å². The van der Waals surface area contributed by atoms with Crippen molar-refractivity contribution in [2.75, 3.05) is 13.1 Å². The highest BCUT2D eigenvalue weighted by Gasteiger charge is 2.05. The Labute approximate surface area is 93.8 Å². The lowest BCUT2D eigenvalue weighted by molar-refractivity contribution is 0.445. The minimum atomic E-state index is 0.770. The largest absolute Gasteiger partial charge is 0.363 e. The average molecular weight is 216 g/mol. The first-order chi connectivity index (χ1) is 6.74. The van der Waals surface area contributed by atoms with Crippen LogP contribution in [-0.4, -0.2) is 18.2 Å². The number of rotatable bonds is 7. The van der Waals surface area contributed by atoms with E-state index in [9.17, 15) is 0 Å². The number of thiocarbonyl (C=S) groups is 1. The fourth-order valence-electron chi connectivity index (χ4n) is 1.40. The Morgan fingerprint density at radius 3 is 2.43 bits per heavy atom. The van der Waals surface area contributed by atoms with Gasteiger partial charge in [-0.3, -0.25) is 0 Å². The van der Waals surface area contributed by atoms with Crippen LogP contribution in [0.15, 0.2) is 0 Å². The highest BCUT2D eigenvalue weighted by Crippen LogP contribution is 2.10. The maximum Gasteiger partial charge on any atom is 0.166 e. The van der Waals surface area contributed by atoms with Gasteiger partial charge in [-0.15, -0.1) is 0 Å². The molecule has 0 bridgehead atoms. The smallest absolute Gasteiger partial charge is 0.166 e. The van der Waals surface area contributed by atoms with Gasteiger partial charge in [-0.05, 0) is 31.5 Å². The molecule has 0 aromatic heterocycles. The second kappa shape index (κ2) is 9.25. The van der Waals surface area contributed by atoms with Crippen LogP contribution in [0, 0.1) is 5.92 Å². The molecular weight excluding hydrogens is 192 g/mol. The number of hydrogen-bond acceptors (Lipinski definition) is 1. The standard InChI is InChI=1S/C11H24N2S/c1-4-7-8-10(5-2)9-13-11(14)12-6-3/h10H,4-9H2,1-3H3,(H2,12,13,14). The summed E-state index contributed by atoms with van der Waals surface area (Å²) in [5, 5.41) is 7.16. The van der Waals surface area contributed by atoms with E-state index in [0.29, 0.717) is 0 Å². The summed E-state index contributed by atoms with van der Waals surface area (Å²) in [6.07, 6.45) is 5.17. The van der Waals surface area contributed by atoms with Crippen molar-refractivity contribution in [1.29, 1.82) is 0 Å².